The van der Waals surface area contributed by atoms with Gasteiger partial charge in [0.2, 0.25) is 0 Å². The van der Waals surface area contributed by atoms with Gasteiger partial charge in [-0.25, -0.2) is 9.97 Å². The summed E-state index contributed by atoms with van der Waals surface area (Å²) < 4.78 is 2.42. The molecule has 0 amide bonds. The number of aromatic nitrogens is 3. The molecule has 3 heterocycles. The fourth-order valence-electron chi connectivity index (χ4n) is 11.1. The Balaban J connectivity index is 0.811. The maximum atomic E-state index is 5.28. The lowest BCUT2D eigenvalue weighted by Crippen LogP contribution is -2.28. The minimum absolute atomic E-state index is 0.218. The molecule has 2 atom stereocenters. The first-order chi connectivity index (χ1) is 33.7. The summed E-state index contributed by atoms with van der Waals surface area (Å²) in [5, 5.41) is 7.47. The lowest BCUT2D eigenvalue weighted by atomic mass is 9.89. The van der Waals surface area contributed by atoms with Crippen LogP contribution in [0.5, 0.6) is 0 Å². The SMILES string of the molecule is C1=CC2c3cc(-c4ccc(-c5nc6ccccc6nc5-c5ccc(-c6ccc7c(c6)c6ccccc6n7-c6cccc7ccccc67)cc5)cc4)ccc3N(c3cccc4ccccc34)C2C=C1. The third kappa shape index (κ3) is 6.08. The zero-order chi connectivity index (χ0) is 44.7. The second-order valence-electron chi connectivity index (χ2n) is 18.1. The quantitative estimate of drug-likeness (QED) is 0.167. The Morgan fingerprint density at radius 3 is 1.53 bits per heavy atom. The molecule has 2 aliphatic rings. The summed E-state index contributed by atoms with van der Waals surface area (Å²) in [5.41, 5.74) is 17.7. The summed E-state index contributed by atoms with van der Waals surface area (Å²) in [5.74, 6) is 0.264. The largest absolute Gasteiger partial charge is 0.333 e. The van der Waals surface area contributed by atoms with Crippen LogP contribution in [-0.4, -0.2) is 20.6 Å². The molecule has 0 radical (unpaired) electrons. The van der Waals surface area contributed by atoms with Crippen LogP contribution in [0, 0.1) is 0 Å². The Bertz CT molecular complexity index is 4030. The van der Waals surface area contributed by atoms with E-state index in [1.165, 1.54) is 82.7 Å². The van der Waals surface area contributed by atoms with E-state index in [9.17, 15) is 0 Å². The number of hydrogen-bond acceptors (Lipinski definition) is 3. The van der Waals surface area contributed by atoms with Crippen LogP contribution in [0.25, 0.3) is 105 Å². The summed E-state index contributed by atoms with van der Waals surface area (Å²) in [6.07, 6.45) is 9.10. The maximum Gasteiger partial charge on any atom is 0.0973 e. The predicted octanol–water partition coefficient (Wildman–Crippen LogP) is 16.4. The van der Waals surface area contributed by atoms with Gasteiger partial charge in [0.25, 0.3) is 0 Å². The number of allylic oxidation sites excluding steroid dienone is 2. The second kappa shape index (κ2) is 15.4. The van der Waals surface area contributed by atoms with E-state index in [0.29, 0.717) is 0 Å². The molecule has 4 nitrogen and oxygen atoms in total. The summed E-state index contributed by atoms with van der Waals surface area (Å²) >= 11 is 0. The zero-order valence-electron chi connectivity index (χ0n) is 37.0. The zero-order valence-corrected chi connectivity index (χ0v) is 37.0. The molecule has 0 N–H and O–H groups in total. The van der Waals surface area contributed by atoms with Crippen molar-refractivity contribution in [3.8, 4) is 50.5 Å². The molecule has 4 heteroatoms. The minimum atomic E-state index is 0.218. The molecule has 1 aliphatic carbocycles. The highest BCUT2D eigenvalue weighted by Gasteiger charge is 2.38. The van der Waals surface area contributed by atoms with Gasteiger partial charge in [0, 0.05) is 50.0 Å². The van der Waals surface area contributed by atoms with Gasteiger partial charge in [-0.15, -0.1) is 0 Å². The average Bonchev–Trinajstić information content (AvgIpc) is 3.92. The van der Waals surface area contributed by atoms with Crippen LogP contribution in [0.2, 0.25) is 0 Å². The number of fused-ring (bicyclic) bond motifs is 9. The summed E-state index contributed by atoms with van der Waals surface area (Å²) in [4.78, 5) is 13.1. The normalized spacial score (nSPS) is 15.2. The van der Waals surface area contributed by atoms with Gasteiger partial charge in [-0.1, -0.05) is 188 Å². The van der Waals surface area contributed by atoms with Crippen LogP contribution in [0.4, 0.5) is 11.4 Å². The maximum absolute atomic E-state index is 5.28. The van der Waals surface area contributed by atoms with Crippen molar-refractivity contribution in [1.29, 1.82) is 0 Å². The molecule has 318 valence electrons. The van der Waals surface area contributed by atoms with Crippen LogP contribution in [-0.2, 0) is 0 Å². The molecule has 0 saturated carbocycles. The van der Waals surface area contributed by atoms with Crippen molar-refractivity contribution < 1.29 is 0 Å². The van der Waals surface area contributed by atoms with E-state index in [1.807, 2.05) is 18.2 Å². The Hall–Kier alpha value is -8.86. The lowest BCUT2D eigenvalue weighted by Gasteiger charge is -2.29. The van der Waals surface area contributed by atoms with E-state index in [2.05, 4.69) is 234 Å². The van der Waals surface area contributed by atoms with Gasteiger partial charge in [-0.2, -0.15) is 0 Å². The van der Waals surface area contributed by atoms with E-state index in [0.717, 1.165) is 39.1 Å². The molecule has 1 aliphatic heterocycles. The number of anilines is 2. The lowest BCUT2D eigenvalue weighted by molar-refractivity contribution is 0.746. The van der Waals surface area contributed by atoms with Crippen LogP contribution >= 0.6 is 0 Å². The fourth-order valence-corrected chi connectivity index (χ4v) is 11.1. The van der Waals surface area contributed by atoms with Gasteiger partial charge >= 0.3 is 0 Å². The van der Waals surface area contributed by atoms with Crippen molar-refractivity contribution in [1.82, 2.24) is 14.5 Å². The van der Waals surface area contributed by atoms with E-state index in [4.69, 9.17) is 9.97 Å². The smallest absolute Gasteiger partial charge is 0.0973 e. The number of para-hydroxylation sites is 3. The van der Waals surface area contributed by atoms with Crippen molar-refractivity contribution in [3.05, 3.63) is 248 Å². The van der Waals surface area contributed by atoms with Crippen LogP contribution < -0.4 is 4.90 Å². The first-order valence-corrected chi connectivity index (χ1v) is 23.5. The van der Waals surface area contributed by atoms with Gasteiger partial charge in [0.1, 0.15) is 0 Å². The molecule has 0 saturated heterocycles. The molecule has 14 rings (SSSR count). The van der Waals surface area contributed by atoms with E-state index < -0.39 is 0 Å². The Kier molecular flexibility index (Phi) is 8.68. The van der Waals surface area contributed by atoms with Crippen molar-refractivity contribution in [3.63, 3.8) is 0 Å². The number of rotatable bonds is 6. The topological polar surface area (TPSA) is 34.0 Å². The third-order valence-electron chi connectivity index (χ3n) is 14.3. The van der Waals surface area contributed by atoms with Crippen LogP contribution in [0.1, 0.15) is 11.5 Å². The van der Waals surface area contributed by atoms with Crippen molar-refractivity contribution in [2.45, 2.75) is 12.0 Å². The van der Waals surface area contributed by atoms with Crippen molar-refractivity contribution >= 4 is 65.8 Å². The predicted molar refractivity (Wildman–Crippen MR) is 284 cm³/mol. The molecule has 0 bridgehead atoms. The van der Waals surface area contributed by atoms with Gasteiger partial charge in [-0.05, 0) is 93.2 Å². The highest BCUT2D eigenvalue weighted by molar-refractivity contribution is 6.12. The van der Waals surface area contributed by atoms with Crippen molar-refractivity contribution in [2.75, 3.05) is 4.90 Å². The van der Waals surface area contributed by atoms with Gasteiger partial charge < -0.3 is 9.47 Å². The van der Waals surface area contributed by atoms with Crippen LogP contribution in [0.3, 0.4) is 0 Å². The highest BCUT2D eigenvalue weighted by Crippen LogP contribution is 2.50. The Labute approximate surface area is 394 Å². The summed E-state index contributed by atoms with van der Waals surface area (Å²) in [6, 6.07) is 79.3. The fraction of sp³-hybridized carbons (Fsp3) is 0.0312. The monoisotopic (exact) mass is 866 g/mol. The van der Waals surface area contributed by atoms with E-state index in [-0.39, 0.29) is 12.0 Å². The molecule has 2 aromatic heterocycles. The van der Waals surface area contributed by atoms with Gasteiger partial charge in [0.05, 0.1) is 45.2 Å². The Morgan fingerprint density at radius 1 is 0.338 bits per heavy atom. The standard InChI is InChI=1S/C64H42N4/c1-3-17-49-43(13-1)15-11-25-57(49)67-59-23-9-5-19-51(59)53-39-47(35-37-61(53)67)41-27-31-45(32-28-41)63-64(66-56-22-8-7-21-55(56)65-63)46-33-29-42(30-34-46)48-36-38-62-54(40-48)52-20-6-10-24-60(52)68(62)58-26-12-16-44-14-2-4-18-50(44)58/h1-40,51,59H. The molecule has 10 aromatic carbocycles. The van der Waals surface area contributed by atoms with Crippen LogP contribution in [0.15, 0.2) is 243 Å². The summed E-state index contributed by atoms with van der Waals surface area (Å²) in [6.45, 7) is 0. The van der Waals surface area contributed by atoms with Gasteiger partial charge in [-0.3, -0.25) is 0 Å². The molecule has 68 heavy (non-hydrogen) atoms. The van der Waals surface area contributed by atoms with Gasteiger partial charge in [0.15, 0.2) is 0 Å². The molecular weight excluding hydrogens is 825 g/mol. The number of hydrogen-bond donors (Lipinski definition) is 0. The molecule has 0 fully saturated rings. The molecule has 2 unspecified atom stereocenters. The molecular formula is C64H42N4. The summed E-state index contributed by atoms with van der Waals surface area (Å²) in [7, 11) is 0. The number of nitrogens with zero attached hydrogens (tertiary/aromatic N) is 4. The molecule has 0 spiro atoms. The van der Waals surface area contributed by atoms with E-state index in [1.54, 1.807) is 0 Å². The Morgan fingerprint density at radius 2 is 0.838 bits per heavy atom. The van der Waals surface area contributed by atoms with E-state index >= 15 is 0 Å². The average molecular weight is 867 g/mol. The highest BCUT2D eigenvalue weighted by atomic mass is 15.2. The first kappa shape index (κ1) is 38.4. The second-order valence-corrected chi connectivity index (χ2v) is 18.1. The number of benzene rings is 10. The minimum Gasteiger partial charge on any atom is -0.333 e. The molecule has 12 aromatic rings. The van der Waals surface area contributed by atoms with Crippen molar-refractivity contribution in [2.24, 2.45) is 0 Å². The third-order valence-corrected chi connectivity index (χ3v) is 14.3. The first-order valence-electron chi connectivity index (χ1n) is 23.5.